The third kappa shape index (κ3) is 1.44. The molecular formula is C9H18N2O2. The Kier molecular flexibility index (Phi) is 1.98. The van der Waals surface area contributed by atoms with Gasteiger partial charge in [0.1, 0.15) is 0 Å². The first-order chi connectivity index (χ1) is 5.61. The van der Waals surface area contributed by atoms with Crippen LogP contribution in [0.5, 0.6) is 0 Å². The lowest BCUT2D eigenvalue weighted by Gasteiger charge is -2.33. The average molecular weight is 186 g/mol. The van der Waals surface area contributed by atoms with Gasteiger partial charge < -0.3 is 16.2 Å². The van der Waals surface area contributed by atoms with Crippen LogP contribution in [0, 0.1) is 0 Å². The molecule has 0 spiro atoms. The molecule has 1 fully saturated rings. The number of hydrogen-bond acceptors (Lipinski definition) is 3. The summed E-state index contributed by atoms with van der Waals surface area (Å²) in [6.45, 7) is 7.45. The van der Waals surface area contributed by atoms with Gasteiger partial charge in [0, 0.05) is 12.0 Å². The molecule has 0 aromatic rings. The minimum atomic E-state index is -1.45. The summed E-state index contributed by atoms with van der Waals surface area (Å²) < 4.78 is 0. The third-order valence-electron chi connectivity index (χ3n) is 2.79. The monoisotopic (exact) mass is 186 g/mol. The number of nitrogens with one attached hydrogen (secondary N) is 1. The maximum atomic E-state index is 11.2. The number of carbonyl (C=O) groups is 1. The maximum Gasteiger partial charge on any atom is 0.251 e. The number of rotatable bonds is 1. The smallest absolute Gasteiger partial charge is 0.251 e. The topological polar surface area (TPSA) is 75.3 Å². The van der Waals surface area contributed by atoms with E-state index in [-0.39, 0.29) is 5.54 Å². The molecule has 76 valence electrons. The lowest BCUT2D eigenvalue weighted by Crippen LogP contribution is -2.59. The van der Waals surface area contributed by atoms with Crippen LogP contribution in [0.3, 0.4) is 0 Å². The van der Waals surface area contributed by atoms with Gasteiger partial charge in [0.05, 0.1) is 5.54 Å². The number of nitrogens with two attached hydrogens (primary N) is 1. The third-order valence-corrected chi connectivity index (χ3v) is 2.79. The van der Waals surface area contributed by atoms with E-state index in [0.717, 1.165) is 0 Å². The summed E-state index contributed by atoms with van der Waals surface area (Å²) in [4.78, 5) is 11.2. The van der Waals surface area contributed by atoms with Crippen LogP contribution in [0.25, 0.3) is 0 Å². The van der Waals surface area contributed by atoms with Crippen molar-refractivity contribution in [3.63, 3.8) is 0 Å². The Labute approximate surface area is 78.5 Å². The van der Waals surface area contributed by atoms with E-state index < -0.39 is 17.0 Å². The molecule has 4 nitrogen and oxygen atoms in total. The maximum absolute atomic E-state index is 11.2. The highest BCUT2D eigenvalue weighted by molar-refractivity contribution is 5.85. The van der Waals surface area contributed by atoms with Crippen LogP contribution in [0.1, 0.15) is 34.1 Å². The summed E-state index contributed by atoms with van der Waals surface area (Å²) in [5, 5.41) is 13.3. The first kappa shape index (κ1) is 10.5. The van der Waals surface area contributed by atoms with E-state index in [9.17, 15) is 9.90 Å². The molecule has 1 rings (SSSR count). The van der Waals surface area contributed by atoms with Crippen molar-refractivity contribution in [1.29, 1.82) is 0 Å². The zero-order valence-corrected chi connectivity index (χ0v) is 8.64. The van der Waals surface area contributed by atoms with Gasteiger partial charge in [-0.05, 0) is 27.7 Å². The fourth-order valence-corrected chi connectivity index (χ4v) is 2.25. The zero-order chi connectivity index (χ0) is 10.5. The summed E-state index contributed by atoms with van der Waals surface area (Å²) in [5.74, 6) is -0.657. The van der Waals surface area contributed by atoms with Crippen molar-refractivity contribution in [1.82, 2.24) is 5.32 Å². The molecule has 4 heteroatoms. The van der Waals surface area contributed by atoms with Crippen molar-refractivity contribution in [2.24, 2.45) is 5.73 Å². The molecule has 1 heterocycles. The Hall–Kier alpha value is -0.610. The molecule has 0 bridgehead atoms. The molecule has 1 atom stereocenters. The molecule has 1 saturated heterocycles. The van der Waals surface area contributed by atoms with Crippen LogP contribution in [0.4, 0.5) is 0 Å². The van der Waals surface area contributed by atoms with E-state index >= 15 is 0 Å². The van der Waals surface area contributed by atoms with Crippen molar-refractivity contribution < 1.29 is 9.90 Å². The van der Waals surface area contributed by atoms with Gasteiger partial charge in [0.15, 0.2) is 5.60 Å². The molecule has 1 amide bonds. The van der Waals surface area contributed by atoms with E-state index in [1.807, 2.05) is 13.8 Å². The molecular weight excluding hydrogens is 168 g/mol. The van der Waals surface area contributed by atoms with E-state index in [1.165, 1.54) is 0 Å². The molecule has 0 aromatic heterocycles. The van der Waals surface area contributed by atoms with Crippen molar-refractivity contribution in [3.05, 3.63) is 0 Å². The largest absolute Gasteiger partial charge is 0.378 e. The summed E-state index contributed by atoms with van der Waals surface area (Å²) >= 11 is 0. The van der Waals surface area contributed by atoms with Gasteiger partial charge in [-0.15, -0.1) is 0 Å². The number of amides is 1. The first-order valence-electron chi connectivity index (χ1n) is 4.42. The SMILES string of the molecule is CC1(C)CC(O)(C(N)=O)C(C)(C)N1. The molecule has 0 saturated carbocycles. The van der Waals surface area contributed by atoms with Crippen LogP contribution in [-0.4, -0.2) is 27.7 Å². The zero-order valence-electron chi connectivity index (χ0n) is 8.64. The predicted molar refractivity (Wildman–Crippen MR) is 50.1 cm³/mol. The molecule has 1 aliphatic rings. The second-order valence-electron chi connectivity index (χ2n) is 5.04. The second kappa shape index (κ2) is 2.45. The highest BCUT2D eigenvalue weighted by Gasteiger charge is 2.58. The van der Waals surface area contributed by atoms with Crippen molar-refractivity contribution in [3.8, 4) is 0 Å². The van der Waals surface area contributed by atoms with Crippen LogP contribution in [-0.2, 0) is 4.79 Å². The quantitative estimate of drug-likeness (QED) is 0.528. The van der Waals surface area contributed by atoms with Crippen LogP contribution < -0.4 is 11.1 Å². The Morgan fingerprint density at radius 2 is 1.85 bits per heavy atom. The molecule has 1 aliphatic heterocycles. The Morgan fingerprint density at radius 1 is 1.38 bits per heavy atom. The number of aliphatic hydroxyl groups is 1. The standard InChI is InChI=1S/C9H18N2O2/c1-7(2)5-9(13,6(10)12)8(3,4)11-7/h11,13H,5H2,1-4H3,(H2,10,12). The molecule has 0 aliphatic carbocycles. The lowest BCUT2D eigenvalue weighted by molar-refractivity contribution is -0.140. The molecule has 13 heavy (non-hydrogen) atoms. The van der Waals surface area contributed by atoms with Gasteiger partial charge in [-0.3, -0.25) is 4.79 Å². The molecule has 0 radical (unpaired) electrons. The predicted octanol–water partition coefficient (Wildman–Crippen LogP) is -0.247. The molecule has 4 N–H and O–H groups in total. The highest BCUT2D eigenvalue weighted by Crippen LogP contribution is 2.38. The first-order valence-corrected chi connectivity index (χ1v) is 4.42. The fraction of sp³-hybridized carbons (Fsp3) is 0.889. The average Bonchev–Trinajstić information content (AvgIpc) is 1.97. The normalized spacial score (nSPS) is 36.1. The fourth-order valence-electron chi connectivity index (χ4n) is 2.25. The second-order valence-corrected chi connectivity index (χ2v) is 5.04. The van der Waals surface area contributed by atoms with Gasteiger partial charge in [-0.2, -0.15) is 0 Å². The van der Waals surface area contributed by atoms with E-state index in [2.05, 4.69) is 5.32 Å². The molecule has 1 unspecified atom stereocenters. The number of hydrogen-bond donors (Lipinski definition) is 3. The summed E-state index contributed by atoms with van der Waals surface area (Å²) in [5.41, 5.74) is 2.83. The minimum Gasteiger partial charge on any atom is -0.378 e. The number of carbonyl (C=O) groups excluding carboxylic acids is 1. The lowest BCUT2D eigenvalue weighted by atomic mass is 9.81. The van der Waals surface area contributed by atoms with E-state index in [4.69, 9.17) is 5.73 Å². The van der Waals surface area contributed by atoms with E-state index in [1.54, 1.807) is 13.8 Å². The van der Waals surface area contributed by atoms with Gasteiger partial charge in [-0.25, -0.2) is 0 Å². The van der Waals surface area contributed by atoms with Crippen LogP contribution in [0.15, 0.2) is 0 Å². The highest BCUT2D eigenvalue weighted by atomic mass is 16.3. The van der Waals surface area contributed by atoms with Crippen molar-refractivity contribution >= 4 is 5.91 Å². The van der Waals surface area contributed by atoms with Crippen molar-refractivity contribution in [2.75, 3.05) is 0 Å². The van der Waals surface area contributed by atoms with Gasteiger partial charge in [0.25, 0.3) is 5.91 Å². The Morgan fingerprint density at radius 3 is 2.00 bits per heavy atom. The Bertz CT molecular complexity index is 248. The van der Waals surface area contributed by atoms with Gasteiger partial charge in [-0.1, -0.05) is 0 Å². The molecule has 0 aromatic carbocycles. The van der Waals surface area contributed by atoms with Crippen molar-refractivity contribution in [2.45, 2.75) is 50.8 Å². The van der Waals surface area contributed by atoms with Crippen LogP contribution in [0.2, 0.25) is 0 Å². The Balaban J connectivity index is 3.07. The van der Waals surface area contributed by atoms with Gasteiger partial charge in [0.2, 0.25) is 0 Å². The van der Waals surface area contributed by atoms with Gasteiger partial charge >= 0.3 is 0 Å². The summed E-state index contributed by atoms with van der Waals surface area (Å²) in [7, 11) is 0. The van der Waals surface area contributed by atoms with E-state index in [0.29, 0.717) is 6.42 Å². The number of primary amides is 1. The van der Waals surface area contributed by atoms with Crippen LogP contribution >= 0.6 is 0 Å². The summed E-state index contributed by atoms with van der Waals surface area (Å²) in [6.07, 6.45) is 0.350. The minimum absolute atomic E-state index is 0.257. The summed E-state index contributed by atoms with van der Waals surface area (Å²) in [6, 6.07) is 0.